The first-order chi connectivity index (χ1) is 9.50. The number of hydrogen-bond acceptors (Lipinski definition) is 0. The van der Waals surface area contributed by atoms with Crippen molar-refractivity contribution in [2.24, 2.45) is 5.41 Å². The van der Waals surface area contributed by atoms with Gasteiger partial charge in [-0.25, -0.2) is 0 Å². The zero-order valence-electron chi connectivity index (χ0n) is 12.8. The molecule has 0 saturated carbocycles. The van der Waals surface area contributed by atoms with Crippen LogP contribution >= 0.6 is 0 Å². The van der Waals surface area contributed by atoms with Crippen molar-refractivity contribution in [2.75, 3.05) is 0 Å². The molecule has 0 fully saturated rings. The fraction of sp³-hybridized carbons (Fsp3) is 0.300. The topological polar surface area (TPSA) is 0 Å². The highest BCUT2D eigenvalue weighted by Gasteiger charge is 2.29. The van der Waals surface area contributed by atoms with E-state index in [1.165, 1.54) is 33.4 Å². The zero-order valence-corrected chi connectivity index (χ0v) is 12.8. The standard InChI is InChI=1S/C20H22/c1-14-15(2)20(3,4)13-19(14)18-12-8-7-11-17(18)16-9-5-6-10-16/h5-9,11-13H,10H2,1-4H3. The van der Waals surface area contributed by atoms with Gasteiger partial charge in [0, 0.05) is 5.41 Å². The van der Waals surface area contributed by atoms with Crippen LogP contribution in [0.3, 0.4) is 0 Å². The van der Waals surface area contributed by atoms with Crippen LogP contribution in [-0.2, 0) is 0 Å². The fourth-order valence-corrected chi connectivity index (χ4v) is 3.19. The van der Waals surface area contributed by atoms with Crippen LogP contribution in [0.5, 0.6) is 0 Å². The molecule has 0 radical (unpaired) electrons. The van der Waals surface area contributed by atoms with Crippen molar-refractivity contribution < 1.29 is 0 Å². The van der Waals surface area contributed by atoms with Gasteiger partial charge in [0.1, 0.15) is 0 Å². The van der Waals surface area contributed by atoms with E-state index < -0.39 is 0 Å². The third kappa shape index (κ3) is 2.00. The Balaban J connectivity index is 2.13. The summed E-state index contributed by atoms with van der Waals surface area (Å²) in [4.78, 5) is 0. The average Bonchev–Trinajstić information content (AvgIpc) is 3.03. The molecule has 0 nitrogen and oxygen atoms in total. The minimum Gasteiger partial charge on any atom is -0.0801 e. The van der Waals surface area contributed by atoms with Crippen molar-refractivity contribution in [3.05, 3.63) is 70.8 Å². The van der Waals surface area contributed by atoms with Gasteiger partial charge in [0.2, 0.25) is 0 Å². The van der Waals surface area contributed by atoms with Crippen LogP contribution in [0.2, 0.25) is 0 Å². The summed E-state index contributed by atoms with van der Waals surface area (Å²) in [5.74, 6) is 0. The van der Waals surface area contributed by atoms with Crippen LogP contribution in [0.1, 0.15) is 45.2 Å². The van der Waals surface area contributed by atoms with Gasteiger partial charge in [-0.1, -0.05) is 68.0 Å². The second kappa shape index (κ2) is 4.63. The summed E-state index contributed by atoms with van der Waals surface area (Å²) in [7, 11) is 0. The van der Waals surface area contributed by atoms with Gasteiger partial charge in [-0.15, -0.1) is 0 Å². The molecule has 0 atom stereocenters. The maximum absolute atomic E-state index is 2.43. The van der Waals surface area contributed by atoms with Crippen LogP contribution in [0.4, 0.5) is 0 Å². The molecule has 102 valence electrons. The highest BCUT2D eigenvalue weighted by molar-refractivity contribution is 5.90. The first-order valence-electron chi connectivity index (χ1n) is 7.37. The van der Waals surface area contributed by atoms with E-state index in [9.17, 15) is 0 Å². The lowest BCUT2D eigenvalue weighted by atomic mass is 9.88. The number of allylic oxidation sites excluding steroid dienone is 8. The van der Waals surface area contributed by atoms with Gasteiger partial charge in [0.15, 0.2) is 0 Å². The highest BCUT2D eigenvalue weighted by atomic mass is 14.3. The molecule has 1 aromatic carbocycles. The third-order valence-electron chi connectivity index (χ3n) is 4.77. The molecule has 2 aliphatic rings. The molecule has 0 saturated heterocycles. The SMILES string of the molecule is CC1=C(C)C(C)(C)C=C1c1ccccc1C1=CC=CC1. The smallest absolute Gasteiger partial charge is 0.00467 e. The molecule has 0 heteroatoms. The fourth-order valence-electron chi connectivity index (χ4n) is 3.19. The van der Waals surface area contributed by atoms with Crippen molar-refractivity contribution in [1.82, 2.24) is 0 Å². The van der Waals surface area contributed by atoms with E-state index >= 15 is 0 Å². The van der Waals surface area contributed by atoms with Gasteiger partial charge in [-0.3, -0.25) is 0 Å². The molecular weight excluding hydrogens is 240 g/mol. The Morgan fingerprint density at radius 1 is 1.00 bits per heavy atom. The van der Waals surface area contributed by atoms with E-state index in [0.29, 0.717) is 0 Å². The van der Waals surface area contributed by atoms with Crippen molar-refractivity contribution in [3.8, 4) is 0 Å². The molecule has 0 aromatic heterocycles. The van der Waals surface area contributed by atoms with Crippen molar-refractivity contribution >= 4 is 11.1 Å². The first-order valence-corrected chi connectivity index (χ1v) is 7.37. The Bertz CT molecular complexity index is 676. The summed E-state index contributed by atoms with van der Waals surface area (Å²) < 4.78 is 0. The Morgan fingerprint density at radius 2 is 1.70 bits per heavy atom. The van der Waals surface area contributed by atoms with Crippen LogP contribution in [0.15, 0.2) is 59.7 Å². The average molecular weight is 262 g/mol. The van der Waals surface area contributed by atoms with Crippen molar-refractivity contribution in [3.63, 3.8) is 0 Å². The monoisotopic (exact) mass is 262 g/mol. The molecule has 0 aliphatic heterocycles. The molecule has 20 heavy (non-hydrogen) atoms. The van der Waals surface area contributed by atoms with E-state index in [-0.39, 0.29) is 5.41 Å². The van der Waals surface area contributed by atoms with E-state index in [1.807, 2.05) is 0 Å². The lowest BCUT2D eigenvalue weighted by molar-refractivity contribution is 0.589. The van der Waals surface area contributed by atoms with Crippen molar-refractivity contribution in [1.29, 1.82) is 0 Å². The number of rotatable bonds is 2. The van der Waals surface area contributed by atoms with Gasteiger partial charge in [0.25, 0.3) is 0 Å². The summed E-state index contributed by atoms with van der Waals surface area (Å²) in [5.41, 5.74) is 8.70. The Labute approximate surface area is 122 Å². The number of hydrogen-bond donors (Lipinski definition) is 0. The van der Waals surface area contributed by atoms with Crippen LogP contribution in [-0.4, -0.2) is 0 Å². The molecule has 0 spiro atoms. The molecule has 0 heterocycles. The Kier molecular flexibility index (Phi) is 3.05. The predicted octanol–water partition coefficient (Wildman–Crippen LogP) is 5.79. The second-order valence-corrected chi connectivity index (χ2v) is 6.40. The first kappa shape index (κ1) is 13.2. The van der Waals surface area contributed by atoms with E-state index in [0.717, 1.165) is 6.42 Å². The van der Waals surface area contributed by atoms with E-state index in [1.54, 1.807) is 0 Å². The normalized spacial score (nSPS) is 20.4. The summed E-state index contributed by atoms with van der Waals surface area (Å²) in [6.45, 7) is 9.13. The molecule has 2 aliphatic carbocycles. The molecule has 0 unspecified atom stereocenters. The van der Waals surface area contributed by atoms with Crippen LogP contribution < -0.4 is 0 Å². The van der Waals surface area contributed by atoms with Crippen LogP contribution in [0.25, 0.3) is 11.1 Å². The zero-order chi connectivity index (χ0) is 14.3. The molecule has 0 N–H and O–H groups in total. The lowest BCUT2D eigenvalue weighted by Crippen LogP contribution is -2.05. The van der Waals surface area contributed by atoms with Crippen LogP contribution in [0, 0.1) is 5.41 Å². The molecule has 0 amide bonds. The van der Waals surface area contributed by atoms with E-state index in [2.05, 4.69) is 76.3 Å². The summed E-state index contributed by atoms with van der Waals surface area (Å²) in [6, 6.07) is 8.81. The maximum atomic E-state index is 2.43. The second-order valence-electron chi connectivity index (χ2n) is 6.40. The summed E-state index contributed by atoms with van der Waals surface area (Å²) in [5, 5.41) is 0. The largest absolute Gasteiger partial charge is 0.0801 e. The molecular formula is C20H22. The lowest BCUT2D eigenvalue weighted by Gasteiger charge is -2.17. The van der Waals surface area contributed by atoms with Gasteiger partial charge in [-0.05, 0) is 48.1 Å². The van der Waals surface area contributed by atoms with Gasteiger partial charge in [-0.2, -0.15) is 0 Å². The van der Waals surface area contributed by atoms with Gasteiger partial charge in [0.05, 0.1) is 0 Å². The Morgan fingerprint density at radius 3 is 2.25 bits per heavy atom. The predicted molar refractivity (Wildman–Crippen MR) is 88.3 cm³/mol. The van der Waals surface area contributed by atoms with Crippen molar-refractivity contribution in [2.45, 2.75) is 34.1 Å². The quantitative estimate of drug-likeness (QED) is 0.633. The minimum absolute atomic E-state index is 0.175. The minimum atomic E-state index is 0.175. The molecule has 3 rings (SSSR count). The maximum Gasteiger partial charge on any atom is 0.00467 e. The third-order valence-corrected chi connectivity index (χ3v) is 4.77. The van der Waals surface area contributed by atoms with E-state index in [4.69, 9.17) is 0 Å². The summed E-state index contributed by atoms with van der Waals surface area (Å²) in [6.07, 6.45) is 10.1. The van der Waals surface area contributed by atoms with Gasteiger partial charge >= 0.3 is 0 Å². The Hall–Kier alpha value is -1.82. The highest BCUT2D eigenvalue weighted by Crippen LogP contribution is 2.45. The van der Waals surface area contributed by atoms with Gasteiger partial charge < -0.3 is 0 Å². The number of benzene rings is 1. The molecule has 0 bridgehead atoms. The summed E-state index contributed by atoms with van der Waals surface area (Å²) >= 11 is 0. The molecule has 1 aromatic rings.